The Kier molecular flexibility index (Phi) is 8.31. The van der Waals surface area contributed by atoms with E-state index in [1.165, 1.54) is 63.7 Å². The summed E-state index contributed by atoms with van der Waals surface area (Å²) < 4.78 is 0. The van der Waals surface area contributed by atoms with Crippen molar-refractivity contribution in [2.45, 2.75) is 72.1 Å². The fourth-order valence-electron chi connectivity index (χ4n) is 4.10. The zero-order valence-corrected chi connectivity index (χ0v) is 16.2. The first-order valence-electron chi connectivity index (χ1n) is 10.2. The standard InChI is InChI=1S/C21H38N2O/c1-18(2)7-6-8-19(3)17-22-15-11-20(12-16-22)9-10-21(24)23-13-4-5-14-23/h7,19-20H,4-6,8-17H2,1-3H3/t19-/m1/s1. The molecule has 0 N–H and O–H groups in total. The van der Waals surface area contributed by atoms with Crippen LogP contribution in [0.2, 0.25) is 0 Å². The van der Waals surface area contributed by atoms with Gasteiger partial charge in [-0.3, -0.25) is 4.79 Å². The molecule has 2 fully saturated rings. The summed E-state index contributed by atoms with van der Waals surface area (Å²) >= 11 is 0. The van der Waals surface area contributed by atoms with Crippen molar-refractivity contribution in [1.29, 1.82) is 0 Å². The van der Waals surface area contributed by atoms with Crippen molar-refractivity contribution in [2.75, 3.05) is 32.7 Å². The molecule has 0 aromatic heterocycles. The van der Waals surface area contributed by atoms with Gasteiger partial charge in [0.2, 0.25) is 5.91 Å². The maximum atomic E-state index is 12.2. The quantitative estimate of drug-likeness (QED) is 0.611. The first kappa shape index (κ1) is 19.5. The van der Waals surface area contributed by atoms with Crippen LogP contribution in [0.5, 0.6) is 0 Å². The molecule has 2 heterocycles. The van der Waals surface area contributed by atoms with E-state index in [0.29, 0.717) is 5.91 Å². The van der Waals surface area contributed by atoms with E-state index < -0.39 is 0 Å². The van der Waals surface area contributed by atoms with Crippen LogP contribution in [-0.4, -0.2) is 48.4 Å². The summed E-state index contributed by atoms with van der Waals surface area (Å²) in [4.78, 5) is 16.9. The van der Waals surface area contributed by atoms with E-state index in [9.17, 15) is 4.79 Å². The number of allylic oxidation sites excluding steroid dienone is 2. The number of piperidine rings is 1. The first-order chi connectivity index (χ1) is 11.5. The highest BCUT2D eigenvalue weighted by atomic mass is 16.2. The molecule has 0 aromatic rings. The van der Waals surface area contributed by atoms with E-state index in [1.54, 1.807) is 0 Å². The monoisotopic (exact) mass is 334 g/mol. The Morgan fingerprint density at radius 3 is 2.42 bits per heavy atom. The first-order valence-corrected chi connectivity index (χ1v) is 10.2. The predicted molar refractivity (Wildman–Crippen MR) is 102 cm³/mol. The smallest absolute Gasteiger partial charge is 0.222 e. The summed E-state index contributed by atoms with van der Waals surface area (Å²) in [5.74, 6) is 1.96. The van der Waals surface area contributed by atoms with Crippen LogP contribution in [-0.2, 0) is 4.79 Å². The summed E-state index contributed by atoms with van der Waals surface area (Å²) in [5.41, 5.74) is 1.44. The molecular formula is C21H38N2O. The van der Waals surface area contributed by atoms with Crippen molar-refractivity contribution in [2.24, 2.45) is 11.8 Å². The van der Waals surface area contributed by atoms with Gasteiger partial charge in [-0.2, -0.15) is 0 Å². The van der Waals surface area contributed by atoms with E-state index >= 15 is 0 Å². The molecule has 0 unspecified atom stereocenters. The number of likely N-dealkylation sites (tertiary alicyclic amines) is 2. The van der Waals surface area contributed by atoms with Gasteiger partial charge in [-0.05, 0) is 83.7 Å². The maximum absolute atomic E-state index is 12.2. The van der Waals surface area contributed by atoms with Crippen molar-refractivity contribution in [3.63, 3.8) is 0 Å². The van der Waals surface area contributed by atoms with Crippen molar-refractivity contribution < 1.29 is 4.79 Å². The molecule has 1 atom stereocenters. The number of nitrogens with zero attached hydrogens (tertiary/aromatic N) is 2. The minimum atomic E-state index is 0.405. The highest BCUT2D eigenvalue weighted by Gasteiger charge is 2.23. The molecule has 2 aliphatic heterocycles. The Morgan fingerprint density at radius 1 is 1.12 bits per heavy atom. The molecule has 2 aliphatic rings. The lowest BCUT2D eigenvalue weighted by Gasteiger charge is -2.33. The third kappa shape index (κ3) is 6.96. The number of rotatable bonds is 8. The van der Waals surface area contributed by atoms with Crippen molar-refractivity contribution in [1.82, 2.24) is 9.80 Å². The summed E-state index contributed by atoms with van der Waals surface area (Å²) in [6, 6.07) is 0. The van der Waals surface area contributed by atoms with Crippen LogP contribution in [0.3, 0.4) is 0 Å². The van der Waals surface area contributed by atoms with E-state index in [2.05, 4.69) is 36.6 Å². The topological polar surface area (TPSA) is 23.6 Å². The molecule has 0 spiro atoms. The van der Waals surface area contributed by atoms with Crippen LogP contribution in [0.4, 0.5) is 0 Å². The summed E-state index contributed by atoms with van der Waals surface area (Å²) in [7, 11) is 0. The molecule has 0 radical (unpaired) electrons. The van der Waals surface area contributed by atoms with Crippen LogP contribution in [0.15, 0.2) is 11.6 Å². The Hall–Kier alpha value is -0.830. The van der Waals surface area contributed by atoms with E-state index in [-0.39, 0.29) is 0 Å². The molecule has 3 nitrogen and oxygen atoms in total. The van der Waals surface area contributed by atoms with E-state index in [0.717, 1.165) is 37.8 Å². The van der Waals surface area contributed by atoms with Gasteiger partial charge in [0, 0.05) is 26.1 Å². The number of hydrogen-bond acceptors (Lipinski definition) is 2. The van der Waals surface area contributed by atoms with Gasteiger partial charge in [-0.25, -0.2) is 0 Å². The maximum Gasteiger partial charge on any atom is 0.222 e. The zero-order valence-electron chi connectivity index (χ0n) is 16.2. The number of hydrogen-bond donors (Lipinski definition) is 0. The van der Waals surface area contributed by atoms with Gasteiger partial charge >= 0.3 is 0 Å². The minimum absolute atomic E-state index is 0.405. The highest BCUT2D eigenvalue weighted by molar-refractivity contribution is 5.76. The van der Waals surface area contributed by atoms with Crippen molar-refractivity contribution >= 4 is 5.91 Å². The van der Waals surface area contributed by atoms with Gasteiger partial charge in [0.05, 0.1) is 0 Å². The molecule has 0 bridgehead atoms. The Morgan fingerprint density at radius 2 is 1.79 bits per heavy atom. The summed E-state index contributed by atoms with van der Waals surface area (Å²) in [5, 5.41) is 0. The summed E-state index contributed by atoms with van der Waals surface area (Å²) in [6.45, 7) is 12.5. The van der Waals surface area contributed by atoms with Crippen LogP contribution < -0.4 is 0 Å². The second kappa shape index (κ2) is 10.2. The van der Waals surface area contributed by atoms with Gasteiger partial charge in [0.15, 0.2) is 0 Å². The third-order valence-electron chi connectivity index (χ3n) is 5.71. The van der Waals surface area contributed by atoms with E-state index in [4.69, 9.17) is 0 Å². The predicted octanol–water partition coefficient (Wildman–Crippen LogP) is 4.48. The van der Waals surface area contributed by atoms with Gasteiger partial charge in [-0.15, -0.1) is 0 Å². The number of amides is 1. The molecule has 138 valence electrons. The summed E-state index contributed by atoms with van der Waals surface area (Å²) in [6.07, 6.45) is 11.8. The second-order valence-corrected chi connectivity index (χ2v) is 8.33. The molecule has 3 heteroatoms. The molecule has 0 aromatic carbocycles. The van der Waals surface area contributed by atoms with Gasteiger partial charge in [-0.1, -0.05) is 18.6 Å². The molecule has 0 aliphatic carbocycles. The minimum Gasteiger partial charge on any atom is -0.343 e. The SMILES string of the molecule is CC(C)=CCC[C@@H](C)CN1CCC(CCC(=O)N2CCCC2)CC1. The third-order valence-corrected chi connectivity index (χ3v) is 5.71. The Balaban J connectivity index is 1.57. The molecule has 2 saturated heterocycles. The Labute approximate surface area is 149 Å². The molecule has 2 rings (SSSR count). The van der Waals surface area contributed by atoms with Crippen LogP contribution >= 0.6 is 0 Å². The molecular weight excluding hydrogens is 296 g/mol. The van der Waals surface area contributed by atoms with E-state index in [1.807, 2.05) is 0 Å². The lowest BCUT2D eigenvalue weighted by Crippen LogP contribution is -2.37. The van der Waals surface area contributed by atoms with Crippen molar-refractivity contribution in [3.05, 3.63) is 11.6 Å². The van der Waals surface area contributed by atoms with Crippen LogP contribution in [0.25, 0.3) is 0 Å². The lowest BCUT2D eigenvalue weighted by molar-refractivity contribution is -0.130. The average molecular weight is 335 g/mol. The Bertz CT molecular complexity index is 400. The fraction of sp³-hybridized carbons (Fsp3) is 0.857. The molecule has 24 heavy (non-hydrogen) atoms. The van der Waals surface area contributed by atoms with Gasteiger partial charge < -0.3 is 9.80 Å². The molecule has 1 amide bonds. The largest absolute Gasteiger partial charge is 0.343 e. The van der Waals surface area contributed by atoms with Crippen LogP contribution in [0, 0.1) is 11.8 Å². The van der Waals surface area contributed by atoms with Gasteiger partial charge in [0.1, 0.15) is 0 Å². The van der Waals surface area contributed by atoms with Gasteiger partial charge in [0.25, 0.3) is 0 Å². The molecule has 0 saturated carbocycles. The second-order valence-electron chi connectivity index (χ2n) is 8.33. The highest BCUT2D eigenvalue weighted by Crippen LogP contribution is 2.24. The average Bonchev–Trinajstić information content (AvgIpc) is 3.08. The lowest BCUT2D eigenvalue weighted by atomic mass is 9.91. The van der Waals surface area contributed by atoms with Crippen LogP contribution in [0.1, 0.15) is 72.1 Å². The number of carbonyl (C=O) groups excluding carboxylic acids is 1. The number of carbonyl (C=O) groups is 1. The fourth-order valence-corrected chi connectivity index (χ4v) is 4.10. The van der Waals surface area contributed by atoms with Crippen molar-refractivity contribution in [3.8, 4) is 0 Å². The zero-order chi connectivity index (χ0) is 17.4. The normalized spacial score (nSPS) is 21.0.